The fraction of sp³-hybridized carbons (Fsp3) is 0.643. The van der Waals surface area contributed by atoms with Crippen molar-refractivity contribution in [3.8, 4) is 0 Å². The van der Waals surface area contributed by atoms with Crippen LogP contribution < -0.4 is 5.73 Å². The maximum absolute atomic E-state index is 12.0. The zero-order valence-electron chi connectivity index (χ0n) is 11.4. The van der Waals surface area contributed by atoms with Gasteiger partial charge in [-0.15, -0.1) is 11.3 Å². The number of nitrogens with zero attached hydrogens (tertiary/aromatic N) is 2. The summed E-state index contributed by atoms with van der Waals surface area (Å²) in [6, 6.07) is 4.28. The highest BCUT2D eigenvalue weighted by Crippen LogP contribution is 2.14. The minimum atomic E-state index is 0.267. The SMILES string of the molecule is NCCCC(=O)N1CCCN(Cc2cccs2)CC1. The van der Waals surface area contributed by atoms with Crippen LogP contribution in [0.1, 0.15) is 24.1 Å². The van der Waals surface area contributed by atoms with Crippen LogP contribution in [0.25, 0.3) is 0 Å². The predicted molar refractivity (Wildman–Crippen MR) is 79.1 cm³/mol. The molecular formula is C14H23N3OS. The highest BCUT2D eigenvalue weighted by Gasteiger charge is 2.18. The molecule has 1 aromatic rings. The minimum Gasteiger partial charge on any atom is -0.341 e. The number of amides is 1. The minimum absolute atomic E-state index is 0.267. The van der Waals surface area contributed by atoms with Gasteiger partial charge in [-0.05, 0) is 30.8 Å². The molecule has 1 aliphatic heterocycles. The summed E-state index contributed by atoms with van der Waals surface area (Å²) < 4.78 is 0. The molecule has 1 aromatic heterocycles. The van der Waals surface area contributed by atoms with Gasteiger partial charge >= 0.3 is 0 Å². The van der Waals surface area contributed by atoms with Crippen LogP contribution in [0, 0.1) is 0 Å². The van der Waals surface area contributed by atoms with Gasteiger partial charge in [-0.3, -0.25) is 9.69 Å². The quantitative estimate of drug-likeness (QED) is 0.890. The molecule has 0 spiro atoms. The first-order valence-corrected chi connectivity index (χ1v) is 7.90. The van der Waals surface area contributed by atoms with E-state index in [2.05, 4.69) is 22.4 Å². The second-order valence-electron chi connectivity index (χ2n) is 4.98. The maximum Gasteiger partial charge on any atom is 0.222 e. The van der Waals surface area contributed by atoms with Crippen molar-refractivity contribution in [2.75, 3.05) is 32.7 Å². The van der Waals surface area contributed by atoms with Crippen LogP contribution in [0.3, 0.4) is 0 Å². The molecule has 0 bridgehead atoms. The Hall–Kier alpha value is -0.910. The first-order chi connectivity index (χ1) is 9.29. The summed E-state index contributed by atoms with van der Waals surface area (Å²) in [6.07, 6.45) is 2.47. The van der Waals surface area contributed by atoms with E-state index in [0.29, 0.717) is 13.0 Å². The number of nitrogens with two attached hydrogens (primary N) is 1. The van der Waals surface area contributed by atoms with Crippen LogP contribution in [0.4, 0.5) is 0 Å². The Morgan fingerprint density at radius 3 is 2.95 bits per heavy atom. The summed E-state index contributed by atoms with van der Waals surface area (Å²) in [7, 11) is 0. The van der Waals surface area contributed by atoms with Crippen molar-refractivity contribution >= 4 is 17.2 Å². The highest BCUT2D eigenvalue weighted by molar-refractivity contribution is 7.09. The lowest BCUT2D eigenvalue weighted by molar-refractivity contribution is -0.131. The number of carbonyl (C=O) groups excluding carboxylic acids is 1. The third kappa shape index (κ3) is 4.60. The predicted octanol–water partition coefficient (Wildman–Crippen LogP) is 1.52. The third-order valence-electron chi connectivity index (χ3n) is 3.50. The Balaban J connectivity index is 1.79. The highest BCUT2D eigenvalue weighted by atomic mass is 32.1. The number of hydrogen-bond donors (Lipinski definition) is 1. The normalized spacial score (nSPS) is 17.4. The van der Waals surface area contributed by atoms with Crippen LogP contribution in [0.5, 0.6) is 0 Å². The van der Waals surface area contributed by atoms with Crippen molar-refractivity contribution in [1.82, 2.24) is 9.80 Å². The Morgan fingerprint density at radius 2 is 2.21 bits per heavy atom. The molecule has 2 rings (SSSR count). The summed E-state index contributed by atoms with van der Waals surface area (Å²) in [5.41, 5.74) is 5.46. The molecule has 1 fully saturated rings. The van der Waals surface area contributed by atoms with Gasteiger partial charge in [-0.25, -0.2) is 0 Å². The monoisotopic (exact) mass is 281 g/mol. The van der Waals surface area contributed by atoms with E-state index in [0.717, 1.165) is 45.6 Å². The van der Waals surface area contributed by atoms with Crippen molar-refractivity contribution in [2.45, 2.75) is 25.8 Å². The van der Waals surface area contributed by atoms with Crippen molar-refractivity contribution in [3.63, 3.8) is 0 Å². The summed E-state index contributed by atoms with van der Waals surface area (Å²) >= 11 is 1.81. The Kier molecular flexibility index (Phi) is 5.82. The lowest BCUT2D eigenvalue weighted by Crippen LogP contribution is -2.35. The molecule has 106 valence electrons. The van der Waals surface area contributed by atoms with E-state index in [1.54, 1.807) is 11.3 Å². The van der Waals surface area contributed by atoms with Gasteiger partial charge in [0.2, 0.25) is 5.91 Å². The van der Waals surface area contributed by atoms with Gasteiger partial charge in [0.1, 0.15) is 0 Å². The molecule has 0 aliphatic carbocycles. The van der Waals surface area contributed by atoms with E-state index in [1.807, 2.05) is 4.90 Å². The van der Waals surface area contributed by atoms with Crippen molar-refractivity contribution < 1.29 is 4.79 Å². The molecule has 0 saturated carbocycles. The van der Waals surface area contributed by atoms with Gasteiger partial charge in [-0.1, -0.05) is 6.07 Å². The van der Waals surface area contributed by atoms with E-state index in [9.17, 15) is 4.79 Å². The van der Waals surface area contributed by atoms with Gasteiger partial charge in [0.15, 0.2) is 0 Å². The number of thiophene rings is 1. The van der Waals surface area contributed by atoms with Gasteiger partial charge in [0.25, 0.3) is 0 Å². The zero-order valence-corrected chi connectivity index (χ0v) is 12.2. The van der Waals surface area contributed by atoms with E-state index in [-0.39, 0.29) is 5.91 Å². The molecule has 2 heterocycles. The van der Waals surface area contributed by atoms with Gasteiger partial charge in [0, 0.05) is 44.0 Å². The van der Waals surface area contributed by atoms with E-state index < -0.39 is 0 Å². The van der Waals surface area contributed by atoms with Crippen molar-refractivity contribution in [1.29, 1.82) is 0 Å². The first kappa shape index (κ1) is 14.5. The van der Waals surface area contributed by atoms with Gasteiger partial charge in [0.05, 0.1) is 0 Å². The molecule has 5 heteroatoms. The number of carbonyl (C=O) groups is 1. The molecule has 0 unspecified atom stereocenters. The van der Waals surface area contributed by atoms with Crippen molar-refractivity contribution in [3.05, 3.63) is 22.4 Å². The zero-order chi connectivity index (χ0) is 13.5. The van der Waals surface area contributed by atoms with Gasteiger partial charge in [-0.2, -0.15) is 0 Å². The van der Waals surface area contributed by atoms with Crippen LogP contribution in [-0.4, -0.2) is 48.4 Å². The van der Waals surface area contributed by atoms with E-state index in [1.165, 1.54) is 4.88 Å². The molecule has 1 aliphatic rings. The Bertz CT molecular complexity index is 380. The van der Waals surface area contributed by atoms with E-state index >= 15 is 0 Å². The summed E-state index contributed by atoms with van der Waals surface area (Å²) in [4.78, 5) is 17.8. The molecular weight excluding hydrogens is 258 g/mol. The lowest BCUT2D eigenvalue weighted by Gasteiger charge is -2.21. The third-order valence-corrected chi connectivity index (χ3v) is 4.36. The Labute approximate surface area is 119 Å². The molecule has 0 aromatic carbocycles. The molecule has 1 amide bonds. The topological polar surface area (TPSA) is 49.6 Å². The lowest BCUT2D eigenvalue weighted by atomic mass is 10.2. The average Bonchev–Trinajstić information content (AvgIpc) is 2.81. The second-order valence-corrected chi connectivity index (χ2v) is 6.01. The second kappa shape index (κ2) is 7.62. The molecule has 2 N–H and O–H groups in total. The molecule has 1 saturated heterocycles. The van der Waals surface area contributed by atoms with Crippen LogP contribution in [-0.2, 0) is 11.3 Å². The van der Waals surface area contributed by atoms with Crippen LogP contribution in [0.15, 0.2) is 17.5 Å². The Morgan fingerprint density at radius 1 is 1.32 bits per heavy atom. The standard InChI is InChI=1S/C14H23N3OS/c15-6-1-5-14(18)17-8-3-7-16(9-10-17)12-13-4-2-11-19-13/h2,4,11H,1,3,5-10,12,15H2. The van der Waals surface area contributed by atoms with Crippen LogP contribution in [0.2, 0.25) is 0 Å². The number of hydrogen-bond acceptors (Lipinski definition) is 4. The van der Waals surface area contributed by atoms with Gasteiger partial charge < -0.3 is 10.6 Å². The fourth-order valence-corrected chi connectivity index (χ4v) is 3.16. The largest absolute Gasteiger partial charge is 0.341 e. The number of rotatable bonds is 5. The summed E-state index contributed by atoms with van der Waals surface area (Å²) in [5.74, 6) is 0.267. The van der Waals surface area contributed by atoms with Crippen LogP contribution >= 0.6 is 11.3 Å². The molecule has 0 radical (unpaired) electrons. The molecule has 19 heavy (non-hydrogen) atoms. The first-order valence-electron chi connectivity index (χ1n) is 7.02. The summed E-state index contributed by atoms with van der Waals surface area (Å²) in [6.45, 7) is 5.43. The summed E-state index contributed by atoms with van der Waals surface area (Å²) in [5, 5.41) is 2.12. The molecule has 0 atom stereocenters. The smallest absolute Gasteiger partial charge is 0.222 e. The fourth-order valence-electron chi connectivity index (χ4n) is 2.41. The van der Waals surface area contributed by atoms with Crippen molar-refractivity contribution in [2.24, 2.45) is 5.73 Å². The molecule has 4 nitrogen and oxygen atoms in total. The average molecular weight is 281 g/mol. The maximum atomic E-state index is 12.0. The van der Waals surface area contributed by atoms with E-state index in [4.69, 9.17) is 5.73 Å².